The molecule has 0 spiro atoms. The zero-order valence-corrected chi connectivity index (χ0v) is 23.9. The van der Waals surface area contributed by atoms with Crippen LogP contribution in [0.25, 0.3) is 10.8 Å². The molecule has 0 radical (unpaired) electrons. The summed E-state index contributed by atoms with van der Waals surface area (Å²) in [6.07, 6.45) is 0.449. The largest absolute Gasteiger partial charge is 0.497 e. The molecule has 0 N–H and O–H groups in total. The van der Waals surface area contributed by atoms with Crippen LogP contribution in [0.2, 0.25) is 0 Å². The summed E-state index contributed by atoms with van der Waals surface area (Å²) in [6, 6.07) is 23.7. The third kappa shape index (κ3) is 4.74. The molecule has 3 amide bonds. The van der Waals surface area contributed by atoms with Crippen LogP contribution in [-0.2, 0) is 14.4 Å². The number of ether oxygens (including phenoxy) is 1. The number of amides is 3. The van der Waals surface area contributed by atoms with E-state index >= 15 is 0 Å². The van der Waals surface area contributed by atoms with Gasteiger partial charge in [0.1, 0.15) is 12.3 Å². The number of hydrogen-bond acceptors (Lipinski definition) is 10. The highest BCUT2D eigenvalue weighted by molar-refractivity contribution is 6.25. The molecule has 45 heavy (non-hydrogen) atoms. The molecule has 3 aliphatic rings. The van der Waals surface area contributed by atoms with Crippen molar-refractivity contribution in [2.24, 2.45) is 15.4 Å². The van der Waals surface area contributed by atoms with Crippen molar-refractivity contribution in [1.82, 2.24) is 10.0 Å². The Labute approximate surface area is 256 Å². The zero-order valence-electron chi connectivity index (χ0n) is 23.9. The number of hydrazone groups is 1. The molecule has 1 fully saturated rings. The summed E-state index contributed by atoms with van der Waals surface area (Å²) >= 11 is 0. The standard InChI is InChI=1S/C32H25N7O6/c1-45-23-15-9-20(10-16-23)27-17-26(25-8-4-6-19-5-2-3-7-24(19)25)34-38(27)28(40)18-36-30-29(33-35-36)31(41)37(32(30)42)21-11-13-22(14-12-21)39(43)44/h2-16,27,29-30H,17-18H2,1H3/t27-,29+,30-/m0/s1. The Kier molecular flexibility index (Phi) is 6.76. The summed E-state index contributed by atoms with van der Waals surface area (Å²) < 4.78 is 5.32. The van der Waals surface area contributed by atoms with Crippen LogP contribution in [0.3, 0.4) is 0 Å². The minimum Gasteiger partial charge on any atom is -0.497 e. The highest BCUT2D eigenvalue weighted by Crippen LogP contribution is 2.37. The Morgan fingerprint density at radius 3 is 2.42 bits per heavy atom. The van der Waals surface area contributed by atoms with Crippen molar-refractivity contribution in [1.29, 1.82) is 0 Å². The number of carbonyl (C=O) groups excluding carboxylic acids is 3. The monoisotopic (exact) mass is 603 g/mol. The van der Waals surface area contributed by atoms with Gasteiger partial charge in [0.25, 0.3) is 23.4 Å². The molecular weight excluding hydrogens is 578 g/mol. The van der Waals surface area contributed by atoms with Crippen LogP contribution < -0.4 is 9.64 Å². The SMILES string of the molecule is COc1ccc([C@@H]2CC(c3cccc4ccccc34)=NN2C(=O)CN2N=N[C@H]3C(=O)N(c4ccc([N+](=O)[O-])cc4)C(=O)[C@H]32)cc1. The molecule has 3 atom stereocenters. The molecule has 4 aromatic carbocycles. The summed E-state index contributed by atoms with van der Waals surface area (Å²) in [5.74, 6) is -0.995. The maximum absolute atomic E-state index is 14.0. The number of non-ortho nitro benzene ring substituents is 1. The summed E-state index contributed by atoms with van der Waals surface area (Å²) in [5, 5.41) is 28.6. The molecule has 1 saturated heterocycles. The lowest BCUT2D eigenvalue weighted by Crippen LogP contribution is -2.44. The molecule has 0 saturated carbocycles. The average Bonchev–Trinajstić information content (AvgIpc) is 3.76. The van der Waals surface area contributed by atoms with Gasteiger partial charge in [0.05, 0.1) is 29.5 Å². The fourth-order valence-corrected chi connectivity index (χ4v) is 6.01. The minimum atomic E-state index is -1.13. The summed E-state index contributed by atoms with van der Waals surface area (Å²) in [4.78, 5) is 52.0. The van der Waals surface area contributed by atoms with E-state index in [9.17, 15) is 24.5 Å². The first-order valence-corrected chi connectivity index (χ1v) is 14.2. The van der Waals surface area contributed by atoms with E-state index < -0.39 is 40.8 Å². The molecule has 13 nitrogen and oxygen atoms in total. The number of imide groups is 1. The van der Waals surface area contributed by atoms with Crippen molar-refractivity contribution < 1.29 is 24.0 Å². The highest BCUT2D eigenvalue weighted by Gasteiger charge is 2.55. The third-order valence-corrected chi connectivity index (χ3v) is 8.24. The first-order valence-electron chi connectivity index (χ1n) is 14.2. The summed E-state index contributed by atoms with van der Waals surface area (Å²) in [6.45, 7) is -0.350. The number of nitrogens with zero attached hydrogens (tertiary/aromatic N) is 7. The van der Waals surface area contributed by atoms with Crippen molar-refractivity contribution in [3.63, 3.8) is 0 Å². The number of benzene rings is 4. The second-order valence-corrected chi connectivity index (χ2v) is 10.8. The highest BCUT2D eigenvalue weighted by atomic mass is 16.6. The number of rotatable bonds is 7. The molecule has 0 aliphatic carbocycles. The van der Waals surface area contributed by atoms with Gasteiger partial charge in [-0.1, -0.05) is 59.8 Å². The van der Waals surface area contributed by atoms with Crippen LogP contribution in [0.1, 0.15) is 23.6 Å². The van der Waals surface area contributed by atoms with Gasteiger partial charge in [-0.25, -0.2) is 9.91 Å². The number of anilines is 1. The molecule has 4 aromatic rings. The topological polar surface area (TPSA) is 150 Å². The van der Waals surface area contributed by atoms with Crippen molar-refractivity contribution in [3.8, 4) is 5.75 Å². The predicted molar refractivity (Wildman–Crippen MR) is 162 cm³/mol. The fraction of sp³-hybridized carbons (Fsp3) is 0.188. The molecule has 0 aromatic heterocycles. The van der Waals surface area contributed by atoms with Crippen LogP contribution in [0.4, 0.5) is 11.4 Å². The van der Waals surface area contributed by atoms with Gasteiger partial charge in [-0.2, -0.15) is 10.2 Å². The van der Waals surface area contributed by atoms with E-state index in [1.807, 2.05) is 66.7 Å². The lowest BCUT2D eigenvalue weighted by Gasteiger charge is -2.25. The van der Waals surface area contributed by atoms with Crippen molar-refractivity contribution in [2.75, 3.05) is 18.6 Å². The van der Waals surface area contributed by atoms with Crippen LogP contribution in [-0.4, -0.2) is 64.1 Å². The van der Waals surface area contributed by atoms with E-state index in [1.54, 1.807) is 7.11 Å². The Balaban J connectivity index is 1.17. The zero-order chi connectivity index (χ0) is 31.2. The summed E-state index contributed by atoms with van der Waals surface area (Å²) in [5.41, 5.74) is 2.50. The van der Waals surface area contributed by atoms with E-state index in [0.717, 1.165) is 32.5 Å². The Morgan fingerprint density at radius 1 is 0.956 bits per heavy atom. The van der Waals surface area contributed by atoms with Crippen LogP contribution in [0.15, 0.2) is 106 Å². The van der Waals surface area contributed by atoms with Gasteiger partial charge < -0.3 is 4.74 Å². The van der Waals surface area contributed by atoms with Crippen LogP contribution >= 0.6 is 0 Å². The quantitative estimate of drug-likeness (QED) is 0.172. The number of hydrogen-bond donors (Lipinski definition) is 0. The maximum Gasteiger partial charge on any atom is 0.269 e. The lowest BCUT2D eigenvalue weighted by molar-refractivity contribution is -0.384. The number of nitro groups is 1. The van der Waals surface area contributed by atoms with E-state index in [2.05, 4.69) is 10.3 Å². The second-order valence-electron chi connectivity index (χ2n) is 10.8. The third-order valence-electron chi connectivity index (χ3n) is 8.24. The van der Waals surface area contributed by atoms with Gasteiger partial charge in [-0.15, -0.1) is 0 Å². The minimum absolute atomic E-state index is 0.176. The van der Waals surface area contributed by atoms with Gasteiger partial charge in [-0.05, 0) is 40.6 Å². The average molecular weight is 604 g/mol. The van der Waals surface area contributed by atoms with E-state index in [1.165, 1.54) is 34.3 Å². The lowest BCUT2D eigenvalue weighted by atomic mass is 9.95. The molecular formula is C32H25N7O6. The molecule has 0 bridgehead atoms. The molecule has 7 rings (SSSR count). The number of nitro benzene ring substituents is 1. The fourth-order valence-electron chi connectivity index (χ4n) is 6.01. The second kappa shape index (κ2) is 10.9. The number of fused-ring (bicyclic) bond motifs is 2. The summed E-state index contributed by atoms with van der Waals surface area (Å²) in [7, 11) is 1.58. The van der Waals surface area contributed by atoms with Gasteiger partial charge in [0.2, 0.25) is 0 Å². The van der Waals surface area contributed by atoms with Gasteiger partial charge in [0, 0.05) is 24.1 Å². The van der Waals surface area contributed by atoms with Gasteiger partial charge >= 0.3 is 0 Å². The van der Waals surface area contributed by atoms with Crippen LogP contribution in [0, 0.1) is 10.1 Å². The predicted octanol–water partition coefficient (Wildman–Crippen LogP) is 4.43. The van der Waals surface area contributed by atoms with E-state index in [0.29, 0.717) is 12.2 Å². The van der Waals surface area contributed by atoms with Crippen molar-refractivity contribution >= 4 is 45.6 Å². The Morgan fingerprint density at radius 2 is 1.69 bits per heavy atom. The molecule has 13 heteroatoms. The maximum atomic E-state index is 14.0. The van der Waals surface area contributed by atoms with E-state index in [4.69, 9.17) is 9.84 Å². The van der Waals surface area contributed by atoms with Gasteiger partial charge in [-0.3, -0.25) is 29.5 Å². The normalized spacial score (nSPS) is 20.6. The molecule has 3 aliphatic heterocycles. The smallest absolute Gasteiger partial charge is 0.269 e. The number of methoxy groups -OCH3 is 1. The van der Waals surface area contributed by atoms with Crippen LogP contribution in [0.5, 0.6) is 5.75 Å². The first kappa shape index (κ1) is 27.8. The van der Waals surface area contributed by atoms with Crippen molar-refractivity contribution in [3.05, 3.63) is 112 Å². The molecule has 0 unspecified atom stereocenters. The first-order chi connectivity index (χ1) is 21.8. The number of carbonyl (C=O) groups is 3. The van der Waals surface area contributed by atoms with Gasteiger partial charge in [0.15, 0.2) is 12.1 Å². The van der Waals surface area contributed by atoms with Crippen molar-refractivity contribution in [2.45, 2.75) is 24.5 Å². The molecule has 224 valence electrons. The Hall–Kier alpha value is -5.98. The van der Waals surface area contributed by atoms with E-state index in [-0.39, 0.29) is 17.9 Å². The Bertz CT molecular complexity index is 1920. The molecule has 3 heterocycles.